The number of para-hydroxylation sites is 1. The zero-order valence-electron chi connectivity index (χ0n) is 11.4. The summed E-state index contributed by atoms with van der Waals surface area (Å²) in [7, 11) is 0. The SMILES string of the molecule is Cc1ccccc1-n1c(CCCl)nc2cc(Cl)c(Cl)cc21. The second-order valence-corrected chi connectivity index (χ2v) is 6.04. The molecular weight excluding hydrogens is 327 g/mol. The molecule has 3 rings (SSSR count). The molecule has 1 aromatic heterocycles. The molecular formula is C16H13Cl3N2. The Bertz CT molecular complexity index is 809. The Morgan fingerprint density at radius 2 is 1.81 bits per heavy atom. The number of aromatic nitrogens is 2. The van der Waals surface area contributed by atoms with Gasteiger partial charge in [0.05, 0.1) is 26.8 Å². The van der Waals surface area contributed by atoms with Gasteiger partial charge in [0.2, 0.25) is 0 Å². The van der Waals surface area contributed by atoms with E-state index in [2.05, 4.69) is 28.6 Å². The summed E-state index contributed by atoms with van der Waals surface area (Å²) in [6.45, 7) is 2.07. The second kappa shape index (κ2) is 5.88. The van der Waals surface area contributed by atoms with Crippen LogP contribution in [0, 0.1) is 6.92 Å². The van der Waals surface area contributed by atoms with Gasteiger partial charge < -0.3 is 0 Å². The summed E-state index contributed by atoms with van der Waals surface area (Å²) in [5, 5.41) is 1.03. The maximum atomic E-state index is 6.17. The van der Waals surface area contributed by atoms with Gasteiger partial charge in [0, 0.05) is 12.3 Å². The third-order valence-corrected chi connectivity index (χ3v) is 4.35. The van der Waals surface area contributed by atoms with E-state index in [-0.39, 0.29) is 0 Å². The zero-order valence-corrected chi connectivity index (χ0v) is 13.7. The van der Waals surface area contributed by atoms with Crippen molar-refractivity contribution in [1.29, 1.82) is 0 Å². The number of fused-ring (bicyclic) bond motifs is 1. The average molecular weight is 340 g/mol. The van der Waals surface area contributed by atoms with Crippen LogP contribution in [-0.4, -0.2) is 15.4 Å². The van der Waals surface area contributed by atoms with Crippen molar-refractivity contribution in [2.75, 3.05) is 5.88 Å². The molecule has 5 heteroatoms. The van der Waals surface area contributed by atoms with E-state index in [4.69, 9.17) is 34.8 Å². The molecule has 21 heavy (non-hydrogen) atoms. The van der Waals surface area contributed by atoms with Gasteiger partial charge in [-0.15, -0.1) is 11.6 Å². The van der Waals surface area contributed by atoms with Crippen molar-refractivity contribution in [2.24, 2.45) is 0 Å². The Morgan fingerprint density at radius 1 is 1.10 bits per heavy atom. The summed E-state index contributed by atoms with van der Waals surface area (Å²) in [5.41, 5.74) is 4.02. The molecule has 0 fully saturated rings. The highest BCUT2D eigenvalue weighted by atomic mass is 35.5. The van der Waals surface area contributed by atoms with E-state index in [0.29, 0.717) is 22.3 Å². The number of aryl methyl sites for hydroxylation is 2. The molecule has 1 heterocycles. The van der Waals surface area contributed by atoms with E-state index in [0.717, 1.165) is 22.5 Å². The number of nitrogens with zero attached hydrogens (tertiary/aromatic N) is 2. The lowest BCUT2D eigenvalue weighted by Gasteiger charge is -2.11. The lowest BCUT2D eigenvalue weighted by Crippen LogP contribution is -2.03. The van der Waals surface area contributed by atoms with Crippen molar-refractivity contribution < 1.29 is 0 Å². The van der Waals surface area contributed by atoms with Crippen molar-refractivity contribution >= 4 is 45.8 Å². The first-order chi connectivity index (χ1) is 10.1. The maximum absolute atomic E-state index is 6.17. The van der Waals surface area contributed by atoms with E-state index in [1.807, 2.05) is 18.2 Å². The molecule has 108 valence electrons. The minimum Gasteiger partial charge on any atom is -0.296 e. The van der Waals surface area contributed by atoms with Crippen molar-refractivity contribution in [3.63, 3.8) is 0 Å². The minimum absolute atomic E-state index is 0.510. The van der Waals surface area contributed by atoms with Crippen molar-refractivity contribution in [1.82, 2.24) is 9.55 Å². The molecule has 0 amide bonds. The normalized spacial score (nSPS) is 11.2. The van der Waals surface area contributed by atoms with Gasteiger partial charge in [-0.2, -0.15) is 0 Å². The van der Waals surface area contributed by atoms with Crippen LogP contribution in [0.25, 0.3) is 16.7 Å². The molecule has 0 aliphatic carbocycles. The van der Waals surface area contributed by atoms with Gasteiger partial charge in [-0.25, -0.2) is 4.98 Å². The van der Waals surface area contributed by atoms with E-state index < -0.39 is 0 Å². The van der Waals surface area contributed by atoms with Crippen LogP contribution >= 0.6 is 34.8 Å². The predicted octanol–water partition coefficient (Wildman–Crippen LogP) is 5.42. The average Bonchev–Trinajstić information content (AvgIpc) is 2.78. The zero-order chi connectivity index (χ0) is 15.0. The van der Waals surface area contributed by atoms with Crippen molar-refractivity contribution in [3.8, 4) is 5.69 Å². The topological polar surface area (TPSA) is 17.8 Å². The fraction of sp³-hybridized carbons (Fsp3) is 0.188. The molecule has 0 unspecified atom stereocenters. The van der Waals surface area contributed by atoms with Gasteiger partial charge in [-0.1, -0.05) is 41.4 Å². The Labute approximate surface area is 138 Å². The van der Waals surface area contributed by atoms with Crippen LogP contribution in [0.3, 0.4) is 0 Å². The first-order valence-electron chi connectivity index (χ1n) is 6.60. The van der Waals surface area contributed by atoms with Crippen LogP contribution in [0.2, 0.25) is 10.0 Å². The summed E-state index contributed by atoms with van der Waals surface area (Å²) < 4.78 is 2.11. The summed E-state index contributed by atoms with van der Waals surface area (Å²) in [5.74, 6) is 1.42. The largest absolute Gasteiger partial charge is 0.296 e. The number of imidazole rings is 1. The number of hydrogen-bond donors (Lipinski definition) is 0. The van der Waals surface area contributed by atoms with Gasteiger partial charge in [-0.05, 0) is 30.7 Å². The van der Waals surface area contributed by atoms with Gasteiger partial charge >= 0.3 is 0 Å². The Morgan fingerprint density at radius 3 is 2.52 bits per heavy atom. The van der Waals surface area contributed by atoms with Crippen LogP contribution in [0.1, 0.15) is 11.4 Å². The van der Waals surface area contributed by atoms with Gasteiger partial charge in [0.15, 0.2) is 0 Å². The summed E-state index contributed by atoms with van der Waals surface area (Å²) in [6.07, 6.45) is 0.680. The van der Waals surface area contributed by atoms with E-state index in [1.54, 1.807) is 6.07 Å². The third kappa shape index (κ3) is 2.64. The van der Waals surface area contributed by atoms with Crippen molar-refractivity contribution in [2.45, 2.75) is 13.3 Å². The first-order valence-corrected chi connectivity index (χ1v) is 7.89. The maximum Gasteiger partial charge on any atom is 0.115 e. The summed E-state index contributed by atoms with van der Waals surface area (Å²) >= 11 is 18.2. The molecule has 0 N–H and O–H groups in total. The molecule has 0 saturated carbocycles. The van der Waals surface area contributed by atoms with Gasteiger partial charge in [0.25, 0.3) is 0 Å². The van der Waals surface area contributed by atoms with E-state index >= 15 is 0 Å². The number of hydrogen-bond acceptors (Lipinski definition) is 1. The fourth-order valence-electron chi connectivity index (χ4n) is 2.46. The number of benzene rings is 2. The van der Waals surface area contributed by atoms with Crippen LogP contribution < -0.4 is 0 Å². The Kier molecular flexibility index (Phi) is 4.12. The number of rotatable bonds is 3. The molecule has 0 aliphatic heterocycles. The standard InChI is InChI=1S/C16H13Cl3N2/c1-10-4-2-3-5-14(10)21-15-9-12(19)11(18)8-13(15)20-16(21)6-7-17/h2-5,8-9H,6-7H2,1H3. The first kappa shape index (κ1) is 14.7. The molecule has 0 aliphatic rings. The number of alkyl halides is 1. The molecule has 0 bridgehead atoms. The van der Waals surface area contributed by atoms with E-state index in [9.17, 15) is 0 Å². The molecule has 0 radical (unpaired) electrons. The van der Waals surface area contributed by atoms with Crippen LogP contribution in [0.15, 0.2) is 36.4 Å². The summed E-state index contributed by atoms with van der Waals surface area (Å²) in [6, 6.07) is 11.8. The Balaban J connectivity index is 2.35. The minimum atomic E-state index is 0.510. The highest BCUT2D eigenvalue weighted by Crippen LogP contribution is 2.31. The molecule has 3 aromatic rings. The van der Waals surface area contributed by atoms with Crippen LogP contribution in [0.4, 0.5) is 0 Å². The molecule has 2 nitrogen and oxygen atoms in total. The quantitative estimate of drug-likeness (QED) is 0.582. The van der Waals surface area contributed by atoms with Crippen LogP contribution in [-0.2, 0) is 6.42 Å². The Hall–Kier alpha value is -1.22. The molecule has 2 aromatic carbocycles. The predicted molar refractivity (Wildman–Crippen MR) is 90.3 cm³/mol. The van der Waals surface area contributed by atoms with Gasteiger partial charge in [-0.3, -0.25) is 4.57 Å². The van der Waals surface area contributed by atoms with Crippen LogP contribution in [0.5, 0.6) is 0 Å². The lowest BCUT2D eigenvalue weighted by molar-refractivity contribution is 0.907. The third-order valence-electron chi connectivity index (χ3n) is 3.44. The number of halogens is 3. The highest BCUT2D eigenvalue weighted by Gasteiger charge is 2.15. The lowest BCUT2D eigenvalue weighted by atomic mass is 10.2. The smallest absolute Gasteiger partial charge is 0.115 e. The highest BCUT2D eigenvalue weighted by molar-refractivity contribution is 6.42. The van der Waals surface area contributed by atoms with Crippen molar-refractivity contribution in [3.05, 3.63) is 57.8 Å². The van der Waals surface area contributed by atoms with E-state index in [1.165, 1.54) is 5.56 Å². The fourth-order valence-corrected chi connectivity index (χ4v) is 2.94. The molecule has 0 saturated heterocycles. The molecule has 0 atom stereocenters. The van der Waals surface area contributed by atoms with Gasteiger partial charge in [0.1, 0.15) is 5.82 Å². The second-order valence-electron chi connectivity index (χ2n) is 4.84. The molecule has 0 spiro atoms. The monoisotopic (exact) mass is 338 g/mol. The summed E-state index contributed by atoms with van der Waals surface area (Å²) in [4.78, 5) is 4.66.